The van der Waals surface area contributed by atoms with Gasteiger partial charge in [0, 0.05) is 0 Å². The number of hydrogen-bond acceptors (Lipinski definition) is 0. The van der Waals surface area contributed by atoms with Crippen LogP contribution in [-0.2, 0) is 20.8 Å². The molecular formula is C46H58Cl2SiZr. The molecule has 4 unspecified atom stereocenters. The molecule has 2 aliphatic carbocycles. The van der Waals surface area contributed by atoms with Gasteiger partial charge in [-0.1, -0.05) is 175 Å². The second-order valence-corrected chi connectivity index (χ2v) is 23.4. The molecule has 4 heteroatoms. The van der Waals surface area contributed by atoms with Crippen molar-refractivity contribution in [1.29, 1.82) is 0 Å². The number of fused-ring (bicyclic) bond motifs is 2. The molecule has 0 amide bonds. The van der Waals surface area contributed by atoms with Gasteiger partial charge < -0.3 is 14.9 Å². The first-order chi connectivity index (χ1) is 23.2. The maximum atomic E-state index is 4.93. The van der Waals surface area contributed by atoms with E-state index < -0.39 is 28.9 Å². The molecule has 0 radical (unpaired) electrons. The average Bonchev–Trinajstić information content (AvgIpc) is 3.11. The van der Waals surface area contributed by atoms with Crippen LogP contribution >= 0.6 is 17.0 Å². The Bertz CT molecular complexity index is 1660. The van der Waals surface area contributed by atoms with E-state index in [1.807, 2.05) is 0 Å². The van der Waals surface area contributed by atoms with Crippen LogP contribution in [0, 0.1) is 38.5 Å². The van der Waals surface area contributed by atoms with Crippen LogP contribution in [-0.4, -0.2) is 8.07 Å². The van der Waals surface area contributed by atoms with Gasteiger partial charge in [0.05, 0.1) is 8.07 Å². The van der Waals surface area contributed by atoms with Crippen molar-refractivity contribution in [2.45, 2.75) is 77.6 Å². The molecule has 0 aliphatic heterocycles. The normalized spacial score (nSPS) is 19.4. The van der Waals surface area contributed by atoms with Crippen LogP contribution in [0.5, 0.6) is 0 Å². The first-order valence-electron chi connectivity index (χ1n) is 17.9. The molecular weight excluding hydrogens is 743 g/mol. The Morgan fingerprint density at radius 1 is 0.620 bits per heavy atom. The van der Waals surface area contributed by atoms with Gasteiger partial charge in [-0.25, -0.2) is 0 Å². The Morgan fingerprint density at radius 3 is 1.36 bits per heavy atom. The van der Waals surface area contributed by atoms with Gasteiger partial charge in [0.1, 0.15) is 0 Å². The molecule has 0 aromatic heterocycles. The third-order valence-electron chi connectivity index (χ3n) is 11.6. The third-order valence-corrected chi connectivity index (χ3v) is 17.1. The molecule has 264 valence electrons. The van der Waals surface area contributed by atoms with Crippen LogP contribution in [0.15, 0.2) is 121 Å². The summed E-state index contributed by atoms with van der Waals surface area (Å²) in [6.45, 7) is 15.5. The number of allylic oxidation sites excluding steroid dienone is 8. The average molecular weight is 801 g/mol. The van der Waals surface area contributed by atoms with E-state index in [0.717, 1.165) is 23.9 Å². The molecule has 0 saturated carbocycles. The summed E-state index contributed by atoms with van der Waals surface area (Å²) in [5.74, 6) is 2.54. The van der Waals surface area contributed by atoms with Gasteiger partial charge in [-0.2, -0.15) is 0 Å². The molecule has 2 aliphatic rings. The zero-order chi connectivity index (χ0) is 34.3. The summed E-state index contributed by atoms with van der Waals surface area (Å²) in [6, 6.07) is 31.5. The molecule has 0 nitrogen and oxygen atoms in total. The number of rotatable bonds is 10. The SMILES string of the molecule is CCC(C)C(C1C=CC=C(c2cccc3ccccc23)C1)[Si](C)(C)[C@H](C1C=CC=C(c2cccc3ccccc23)C1)[C@H](C)CC.[CH3-].[CH3-].[Cl][Zr+2][Cl]. The predicted octanol–water partition coefficient (Wildman–Crippen LogP) is 15.4. The summed E-state index contributed by atoms with van der Waals surface area (Å²) in [7, 11) is 8.04. The van der Waals surface area contributed by atoms with E-state index in [1.54, 1.807) is 0 Å². The van der Waals surface area contributed by atoms with Crippen LogP contribution in [0.1, 0.15) is 64.5 Å². The second-order valence-electron chi connectivity index (χ2n) is 14.7. The van der Waals surface area contributed by atoms with Gasteiger partial charge in [0.25, 0.3) is 0 Å². The molecule has 6 rings (SSSR count). The van der Waals surface area contributed by atoms with Crippen molar-refractivity contribution in [1.82, 2.24) is 0 Å². The summed E-state index contributed by atoms with van der Waals surface area (Å²) >= 11 is -0.826. The topological polar surface area (TPSA) is 0 Å². The zero-order valence-electron chi connectivity index (χ0n) is 31.6. The fraction of sp³-hybridized carbons (Fsp3) is 0.348. The second kappa shape index (κ2) is 19.8. The molecule has 0 N–H and O–H groups in total. The van der Waals surface area contributed by atoms with Gasteiger partial charge in [0.2, 0.25) is 0 Å². The first-order valence-corrected chi connectivity index (χ1v) is 27.4. The van der Waals surface area contributed by atoms with Crippen LogP contribution in [0.3, 0.4) is 0 Å². The first kappa shape index (κ1) is 42.5. The fourth-order valence-corrected chi connectivity index (χ4v) is 16.0. The van der Waals surface area contributed by atoms with Crippen molar-refractivity contribution in [3.8, 4) is 0 Å². The van der Waals surface area contributed by atoms with Crippen LogP contribution in [0.25, 0.3) is 32.7 Å². The van der Waals surface area contributed by atoms with E-state index in [-0.39, 0.29) is 14.9 Å². The minimum atomic E-state index is -1.83. The van der Waals surface area contributed by atoms with E-state index in [9.17, 15) is 0 Å². The van der Waals surface area contributed by atoms with Crippen molar-refractivity contribution in [3.63, 3.8) is 0 Å². The van der Waals surface area contributed by atoms with Gasteiger partial charge in [-0.3, -0.25) is 0 Å². The van der Waals surface area contributed by atoms with Crippen LogP contribution < -0.4 is 0 Å². The Hall–Kier alpha value is -1.96. The minimum absolute atomic E-state index is 0. The summed E-state index contributed by atoms with van der Waals surface area (Å²) < 4.78 is 0. The van der Waals surface area contributed by atoms with Crippen molar-refractivity contribution in [2.24, 2.45) is 23.7 Å². The standard InChI is InChI=1S/C44H52Si.2CH3.2ClH.Zr/c1-7-31(3)43(37-23-13-21-35(29-37)41-27-15-19-33-17-9-11-25-39(33)41)45(5,6)44(32(4)8-2)38-24-14-22-36(30-38)42-28-16-20-34-18-10-12-26-40(34)42;;;;;/h9-28,31-32,37-38,43-44H,7-8,29-30H2,1-6H3;2*1H3;2*1H;/q;2*-1;;;+4/p-2/t31-,32?,37?,38?,43+,44?;;;;;/m1...../s1. The fourth-order valence-electron chi connectivity index (χ4n) is 9.46. The molecule has 4 aromatic rings. The van der Waals surface area contributed by atoms with Crippen LogP contribution in [0.4, 0.5) is 0 Å². The number of halogens is 2. The van der Waals surface area contributed by atoms with E-state index in [4.69, 9.17) is 17.0 Å². The van der Waals surface area contributed by atoms with Gasteiger partial charge in [-0.15, -0.1) is 0 Å². The Kier molecular flexibility index (Phi) is 16.8. The van der Waals surface area contributed by atoms with Crippen molar-refractivity contribution < 1.29 is 20.8 Å². The summed E-state index contributed by atoms with van der Waals surface area (Å²) in [5.41, 5.74) is 7.30. The quantitative estimate of drug-likeness (QED) is 0.111. The number of hydrogen-bond donors (Lipinski definition) is 0. The molecule has 0 spiro atoms. The Morgan fingerprint density at radius 2 is 0.980 bits per heavy atom. The van der Waals surface area contributed by atoms with Gasteiger partial charge in [-0.05, 0) is 91.4 Å². The summed E-state index contributed by atoms with van der Waals surface area (Å²) in [5, 5.41) is 5.45. The third kappa shape index (κ3) is 9.33. The van der Waals surface area contributed by atoms with E-state index >= 15 is 0 Å². The molecule has 0 heterocycles. The predicted molar refractivity (Wildman–Crippen MR) is 227 cm³/mol. The van der Waals surface area contributed by atoms with Crippen molar-refractivity contribution in [2.75, 3.05) is 0 Å². The maximum absolute atomic E-state index is 4.93. The monoisotopic (exact) mass is 798 g/mol. The molecule has 50 heavy (non-hydrogen) atoms. The van der Waals surface area contributed by atoms with Crippen molar-refractivity contribution >= 4 is 57.8 Å². The Labute approximate surface area is 324 Å². The number of benzene rings is 4. The van der Waals surface area contributed by atoms with Crippen LogP contribution in [0.2, 0.25) is 24.2 Å². The molecule has 4 aromatic carbocycles. The summed E-state index contributed by atoms with van der Waals surface area (Å²) in [6.07, 6.45) is 19.5. The molecule has 0 saturated heterocycles. The van der Waals surface area contributed by atoms with E-state index in [2.05, 4.69) is 162 Å². The molecule has 0 fully saturated rings. The van der Waals surface area contributed by atoms with Gasteiger partial charge >= 0.3 is 37.9 Å². The zero-order valence-corrected chi connectivity index (χ0v) is 36.6. The molecule has 6 atom stereocenters. The Balaban J connectivity index is 0.00000131. The van der Waals surface area contributed by atoms with Crippen molar-refractivity contribution in [3.05, 3.63) is 147 Å². The van der Waals surface area contributed by atoms with E-state index in [0.29, 0.717) is 23.7 Å². The van der Waals surface area contributed by atoms with Gasteiger partial charge in [0.15, 0.2) is 0 Å². The summed E-state index contributed by atoms with van der Waals surface area (Å²) in [4.78, 5) is 0. The molecule has 0 bridgehead atoms. The van der Waals surface area contributed by atoms with E-state index in [1.165, 1.54) is 56.7 Å².